The molecule has 2 aliphatic heterocycles. The number of piperazine rings is 1. The smallest absolute Gasteiger partial charge is 0.229 e. The van der Waals surface area contributed by atoms with Crippen LogP contribution in [0.25, 0.3) is 0 Å². The van der Waals surface area contributed by atoms with E-state index in [1.165, 1.54) is 5.69 Å². The number of benzene rings is 1. The molecule has 5 rings (SSSR count). The number of likely N-dealkylation sites (N-methyl/N-ethyl adjacent to an activating group) is 1. The highest BCUT2D eigenvalue weighted by atomic mass is 16.5. The van der Waals surface area contributed by atoms with Crippen molar-refractivity contribution in [3.8, 4) is 5.75 Å². The number of ether oxygens (including phenoxy) is 1. The fourth-order valence-corrected chi connectivity index (χ4v) is 4.05. The van der Waals surface area contributed by atoms with Crippen LogP contribution in [0.3, 0.4) is 0 Å². The van der Waals surface area contributed by atoms with E-state index in [0.717, 1.165) is 49.0 Å². The number of pyridine rings is 1. The molecule has 9 nitrogen and oxygen atoms in total. The van der Waals surface area contributed by atoms with E-state index in [0.29, 0.717) is 24.1 Å². The number of fused-ring (bicyclic) bond motifs is 1. The van der Waals surface area contributed by atoms with Crippen LogP contribution in [0.1, 0.15) is 19.4 Å². The first-order valence-corrected chi connectivity index (χ1v) is 11.7. The summed E-state index contributed by atoms with van der Waals surface area (Å²) < 4.78 is 5.99. The molecule has 1 saturated heterocycles. The predicted octanol–water partition coefficient (Wildman–Crippen LogP) is 4.00. The molecule has 3 aromatic rings. The van der Waals surface area contributed by atoms with Gasteiger partial charge in [-0.05, 0) is 64.2 Å². The Hall–Kier alpha value is -3.59. The van der Waals surface area contributed by atoms with E-state index in [9.17, 15) is 0 Å². The lowest BCUT2D eigenvalue weighted by Crippen LogP contribution is -2.44. The molecular weight excluding hydrogens is 428 g/mol. The summed E-state index contributed by atoms with van der Waals surface area (Å²) >= 11 is 0. The Morgan fingerprint density at radius 2 is 1.74 bits per heavy atom. The molecule has 0 radical (unpaired) electrons. The van der Waals surface area contributed by atoms with Gasteiger partial charge >= 0.3 is 0 Å². The van der Waals surface area contributed by atoms with Crippen molar-refractivity contribution in [1.29, 1.82) is 0 Å². The van der Waals surface area contributed by atoms with E-state index in [4.69, 9.17) is 4.74 Å². The number of hydrogen-bond donors (Lipinski definition) is 3. The number of nitrogens with zero attached hydrogens (tertiary/aromatic N) is 5. The van der Waals surface area contributed by atoms with Gasteiger partial charge in [-0.1, -0.05) is 0 Å². The molecule has 2 aromatic heterocycles. The molecule has 0 bridgehead atoms. The van der Waals surface area contributed by atoms with Crippen molar-refractivity contribution in [1.82, 2.24) is 19.9 Å². The summed E-state index contributed by atoms with van der Waals surface area (Å²) in [5, 5.41) is 9.97. The number of aromatic nitrogens is 3. The predicted molar refractivity (Wildman–Crippen MR) is 137 cm³/mol. The molecule has 9 heteroatoms. The van der Waals surface area contributed by atoms with Gasteiger partial charge in [-0.15, -0.1) is 0 Å². The van der Waals surface area contributed by atoms with Gasteiger partial charge in [0.15, 0.2) is 11.6 Å². The van der Waals surface area contributed by atoms with Crippen molar-refractivity contribution in [2.75, 3.05) is 60.6 Å². The number of rotatable bonds is 5. The monoisotopic (exact) mass is 460 g/mol. The average Bonchev–Trinajstić information content (AvgIpc) is 2.82. The van der Waals surface area contributed by atoms with Crippen molar-refractivity contribution in [2.24, 2.45) is 0 Å². The third kappa shape index (κ3) is 4.99. The highest BCUT2D eigenvalue weighted by molar-refractivity contribution is 5.65. The molecule has 0 saturated carbocycles. The minimum absolute atomic E-state index is 0.254. The van der Waals surface area contributed by atoms with Crippen LogP contribution in [-0.4, -0.2) is 65.2 Å². The zero-order valence-electron chi connectivity index (χ0n) is 20.2. The van der Waals surface area contributed by atoms with Crippen molar-refractivity contribution in [2.45, 2.75) is 26.4 Å². The highest BCUT2D eigenvalue weighted by Crippen LogP contribution is 2.33. The van der Waals surface area contributed by atoms with E-state index in [1.54, 1.807) is 6.20 Å². The number of nitrogens with one attached hydrogen (secondary N) is 3. The van der Waals surface area contributed by atoms with E-state index >= 15 is 0 Å². The molecule has 0 atom stereocenters. The molecule has 4 heterocycles. The maximum atomic E-state index is 5.99. The van der Waals surface area contributed by atoms with Gasteiger partial charge in [0.1, 0.15) is 17.2 Å². The van der Waals surface area contributed by atoms with E-state index in [-0.39, 0.29) is 5.60 Å². The Morgan fingerprint density at radius 1 is 0.971 bits per heavy atom. The second kappa shape index (κ2) is 8.98. The van der Waals surface area contributed by atoms with Crippen LogP contribution in [-0.2, 0) is 0 Å². The third-order valence-electron chi connectivity index (χ3n) is 6.14. The standard InChI is InChI=1S/C25H32N8O/c1-17-15-26-24(28-18-5-7-19(8-6-18)33-13-11-32(4)12-14-33)31-22(17)29-21-10-9-20-23(30-21)27-16-25(2,3)34-20/h5-10,15H,11-14,16H2,1-4H3,(H3,26,27,28,29,30,31). The molecule has 3 N–H and O–H groups in total. The lowest BCUT2D eigenvalue weighted by molar-refractivity contribution is 0.115. The van der Waals surface area contributed by atoms with Gasteiger partial charge in [-0.25, -0.2) is 9.97 Å². The Morgan fingerprint density at radius 3 is 2.50 bits per heavy atom. The van der Waals surface area contributed by atoms with Crippen LogP contribution < -0.4 is 25.6 Å². The summed E-state index contributed by atoms with van der Waals surface area (Å²) in [6, 6.07) is 12.3. The molecule has 178 valence electrons. The number of anilines is 6. The Balaban J connectivity index is 1.27. The molecule has 1 fully saturated rings. The first-order chi connectivity index (χ1) is 16.3. The van der Waals surface area contributed by atoms with Crippen LogP contribution in [0.4, 0.5) is 34.8 Å². The first-order valence-electron chi connectivity index (χ1n) is 11.7. The molecule has 1 aromatic carbocycles. The van der Waals surface area contributed by atoms with Crippen LogP contribution in [0, 0.1) is 6.92 Å². The van der Waals surface area contributed by atoms with Crippen LogP contribution in [0.2, 0.25) is 0 Å². The van der Waals surface area contributed by atoms with E-state index < -0.39 is 0 Å². The fraction of sp³-hybridized carbons (Fsp3) is 0.400. The highest BCUT2D eigenvalue weighted by Gasteiger charge is 2.27. The summed E-state index contributed by atoms with van der Waals surface area (Å²) in [5.74, 6) is 3.41. The maximum Gasteiger partial charge on any atom is 0.229 e. The molecule has 0 unspecified atom stereocenters. The van der Waals surface area contributed by atoms with Crippen molar-refractivity contribution in [3.05, 3.63) is 48.2 Å². The maximum absolute atomic E-state index is 5.99. The Labute approximate surface area is 200 Å². The summed E-state index contributed by atoms with van der Waals surface area (Å²) in [6.45, 7) is 11.1. The molecule has 0 spiro atoms. The average molecular weight is 461 g/mol. The lowest BCUT2D eigenvalue weighted by atomic mass is 10.1. The van der Waals surface area contributed by atoms with Gasteiger partial charge in [0.25, 0.3) is 0 Å². The van der Waals surface area contributed by atoms with Gasteiger partial charge in [-0.3, -0.25) is 0 Å². The van der Waals surface area contributed by atoms with Gasteiger partial charge in [0, 0.05) is 49.3 Å². The topological polar surface area (TPSA) is 90.5 Å². The first kappa shape index (κ1) is 22.2. The minimum atomic E-state index is -0.254. The van der Waals surface area contributed by atoms with Gasteiger partial charge in [0.05, 0.1) is 6.54 Å². The summed E-state index contributed by atoms with van der Waals surface area (Å²) in [4.78, 5) is 18.6. The summed E-state index contributed by atoms with van der Waals surface area (Å²) in [5.41, 5.74) is 2.87. The summed E-state index contributed by atoms with van der Waals surface area (Å²) in [7, 11) is 2.17. The van der Waals surface area contributed by atoms with Crippen molar-refractivity contribution in [3.63, 3.8) is 0 Å². The van der Waals surface area contributed by atoms with Gasteiger partial charge < -0.3 is 30.5 Å². The van der Waals surface area contributed by atoms with Crippen LogP contribution in [0.15, 0.2) is 42.6 Å². The normalized spacial score (nSPS) is 17.4. The zero-order chi connectivity index (χ0) is 23.7. The number of hydrogen-bond acceptors (Lipinski definition) is 9. The van der Waals surface area contributed by atoms with Crippen molar-refractivity contribution >= 4 is 34.8 Å². The van der Waals surface area contributed by atoms with Gasteiger partial charge in [-0.2, -0.15) is 4.98 Å². The van der Waals surface area contributed by atoms with E-state index in [1.807, 2.05) is 32.9 Å². The largest absolute Gasteiger partial charge is 0.482 e. The molecule has 2 aliphatic rings. The zero-order valence-corrected chi connectivity index (χ0v) is 20.2. The second-order valence-corrected chi connectivity index (χ2v) is 9.57. The second-order valence-electron chi connectivity index (χ2n) is 9.57. The van der Waals surface area contributed by atoms with E-state index in [2.05, 4.69) is 72.0 Å². The quantitative estimate of drug-likeness (QED) is 0.523. The molecule has 0 amide bonds. The van der Waals surface area contributed by atoms with Crippen molar-refractivity contribution < 1.29 is 4.74 Å². The molecular formula is C25H32N8O. The molecule has 34 heavy (non-hydrogen) atoms. The van der Waals surface area contributed by atoms with Crippen LogP contribution >= 0.6 is 0 Å². The minimum Gasteiger partial charge on any atom is -0.482 e. The fourth-order valence-electron chi connectivity index (χ4n) is 4.05. The van der Waals surface area contributed by atoms with Crippen LogP contribution in [0.5, 0.6) is 5.75 Å². The SMILES string of the molecule is Cc1cnc(Nc2ccc(N3CCN(C)CC3)cc2)nc1Nc1ccc2c(n1)NCC(C)(C)O2. The Bertz CT molecular complexity index is 1160. The van der Waals surface area contributed by atoms with Gasteiger partial charge in [0.2, 0.25) is 5.95 Å². The number of aryl methyl sites for hydroxylation is 1. The molecule has 0 aliphatic carbocycles. The summed E-state index contributed by atoms with van der Waals surface area (Å²) in [6.07, 6.45) is 1.80. The lowest BCUT2D eigenvalue weighted by Gasteiger charge is -2.34. The third-order valence-corrected chi connectivity index (χ3v) is 6.14. The Kier molecular flexibility index (Phi) is 5.87.